The number of piperidine rings is 2. The van der Waals surface area contributed by atoms with Crippen LogP contribution in [0.2, 0.25) is 0 Å². The van der Waals surface area contributed by atoms with Crippen LogP contribution >= 0.6 is 0 Å². The maximum absolute atomic E-state index is 12.4. The normalized spacial score (nSPS) is 21.0. The van der Waals surface area contributed by atoms with Crippen molar-refractivity contribution in [3.8, 4) is 0 Å². The van der Waals surface area contributed by atoms with E-state index in [1.54, 1.807) is 6.08 Å². The Labute approximate surface area is 127 Å². The molecular formula is C16H27N3O2. The molecule has 2 saturated heterocycles. The highest BCUT2D eigenvalue weighted by molar-refractivity contribution is 5.79. The predicted octanol–water partition coefficient (Wildman–Crippen LogP) is 1.01. The summed E-state index contributed by atoms with van der Waals surface area (Å²) in [5.41, 5.74) is 0. The average Bonchev–Trinajstić information content (AvgIpc) is 2.54. The van der Waals surface area contributed by atoms with Gasteiger partial charge in [0.05, 0.1) is 6.54 Å². The van der Waals surface area contributed by atoms with E-state index in [9.17, 15) is 9.59 Å². The van der Waals surface area contributed by atoms with Crippen LogP contribution in [-0.2, 0) is 9.59 Å². The van der Waals surface area contributed by atoms with E-state index in [1.807, 2.05) is 4.90 Å². The van der Waals surface area contributed by atoms with Crippen LogP contribution in [0.25, 0.3) is 0 Å². The number of hydrogen-bond donors (Lipinski definition) is 1. The predicted molar refractivity (Wildman–Crippen MR) is 82.8 cm³/mol. The van der Waals surface area contributed by atoms with Gasteiger partial charge >= 0.3 is 0 Å². The zero-order valence-corrected chi connectivity index (χ0v) is 12.9. The molecule has 2 heterocycles. The molecule has 5 heteroatoms. The van der Waals surface area contributed by atoms with Gasteiger partial charge in [-0.15, -0.1) is 6.58 Å². The zero-order valence-electron chi connectivity index (χ0n) is 12.9. The number of hydrogen-bond acceptors (Lipinski definition) is 3. The largest absolute Gasteiger partial charge is 0.352 e. The summed E-state index contributed by atoms with van der Waals surface area (Å²) in [6, 6.07) is 0. The number of carbonyl (C=O) groups is 2. The van der Waals surface area contributed by atoms with E-state index in [0.717, 1.165) is 51.9 Å². The molecule has 2 fully saturated rings. The summed E-state index contributed by atoms with van der Waals surface area (Å²) in [6.45, 7) is 8.07. The van der Waals surface area contributed by atoms with Gasteiger partial charge < -0.3 is 10.2 Å². The molecule has 2 aliphatic heterocycles. The number of nitrogens with one attached hydrogen (secondary N) is 1. The van der Waals surface area contributed by atoms with Crippen LogP contribution in [0.4, 0.5) is 0 Å². The Balaban J connectivity index is 1.71. The van der Waals surface area contributed by atoms with E-state index < -0.39 is 0 Å². The van der Waals surface area contributed by atoms with Crippen LogP contribution in [0.5, 0.6) is 0 Å². The molecular weight excluding hydrogens is 266 g/mol. The van der Waals surface area contributed by atoms with Crippen molar-refractivity contribution in [2.24, 2.45) is 5.92 Å². The highest BCUT2D eigenvalue weighted by Gasteiger charge is 2.29. The van der Waals surface area contributed by atoms with Crippen molar-refractivity contribution < 1.29 is 9.59 Å². The van der Waals surface area contributed by atoms with Gasteiger partial charge in [-0.3, -0.25) is 14.5 Å². The van der Waals surface area contributed by atoms with E-state index in [1.165, 1.54) is 6.42 Å². The maximum atomic E-state index is 12.4. The molecule has 0 spiro atoms. The van der Waals surface area contributed by atoms with Crippen molar-refractivity contribution in [2.45, 2.75) is 32.1 Å². The summed E-state index contributed by atoms with van der Waals surface area (Å²) in [7, 11) is 0. The second-order valence-corrected chi connectivity index (χ2v) is 6.03. The topological polar surface area (TPSA) is 52.7 Å². The van der Waals surface area contributed by atoms with Crippen LogP contribution in [0.1, 0.15) is 32.1 Å². The smallest absolute Gasteiger partial charge is 0.234 e. The van der Waals surface area contributed by atoms with E-state index in [-0.39, 0.29) is 11.8 Å². The number of likely N-dealkylation sites (tertiary alicyclic amines) is 2. The molecule has 2 aliphatic rings. The Morgan fingerprint density at radius 3 is 2.38 bits per heavy atom. The minimum atomic E-state index is 0.0377. The van der Waals surface area contributed by atoms with E-state index in [4.69, 9.17) is 0 Å². The first-order valence-electron chi connectivity index (χ1n) is 8.09. The van der Waals surface area contributed by atoms with Crippen LogP contribution in [0, 0.1) is 5.92 Å². The summed E-state index contributed by atoms with van der Waals surface area (Å²) in [5.74, 6) is 0.539. The summed E-state index contributed by atoms with van der Waals surface area (Å²) in [4.78, 5) is 28.3. The standard InChI is InChI=1S/C16H27N3O2/c1-2-8-17-15(20)13-18-11-6-14(7-12-18)16(21)19-9-4-3-5-10-19/h2,14H,1,3-13H2,(H,17,20). The van der Waals surface area contributed by atoms with Crippen molar-refractivity contribution in [2.75, 3.05) is 39.3 Å². The van der Waals surface area contributed by atoms with Gasteiger partial charge in [-0.05, 0) is 45.2 Å². The van der Waals surface area contributed by atoms with Crippen molar-refractivity contribution in [1.29, 1.82) is 0 Å². The highest BCUT2D eigenvalue weighted by Crippen LogP contribution is 2.21. The lowest BCUT2D eigenvalue weighted by atomic mass is 9.94. The fourth-order valence-electron chi connectivity index (χ4n) is 3.16. The second kappa shape index (κ2) is 8.17. The summed E-state index contributed by atoms with van der Waals surface area (Å²) >= 11 is 0. The average molecular weight is 293 g/mol. The monoisotopic (exact) mass is 293 g/mol. The van der Waals surface area contributed by atoms with E-state index in [0.29, 0.717) is 19.0 Å². The van der Waals surface area contributed by atoms with Crippen molar-refractivity contribution >= 4 is 11.8 Å². The molecule has 21 heavy (non-hydrogen) atoms. The molecule has 0 aromatic heterocycles. The van der Waals surface area contributed by atoms with Crippen molar-refractivity contribution in [3.63, 3.8) is 0 Å². The van der Waals surface area contributed by atoms with Gasteiger partial charge in [0.1, 0.15) is 0 Å². The van der Waals surface area contributed by atoms with Gasteiger partial charge in [0.2, 0.25) is 11.8 Å². The molecule has 0 aromatic rings. The Hall–Kier alpha value is -1.36. The van der Waals surface area contributed by atoms with E-state index >= 15 is 0 Å². The minimum Gasteiger partial charge on any atom is -0.352 e. The first kappa shape index (κ1) is 16.0. The Bertz CT molecular complexity index is 370. The Morgan fingerprint density at radius 2 is 1.76 bits per heavy atom. The third-order valence-corrected chi connectivity index (χ3v) is 4.42. The van der Waals surface area contributed by atoms with Gasteiger partial charge in [-0.1, -0.05) is 6.08 Å². The number of amides is 2. The van der Waals surface area contributed by atoms with Gasteiger partial charge in [0, 0.05) is 25.6 Å². The van der Waals surface area contributed by atoms with Gasteiger partial charge in [0.15, 0.2) is 0 Å². The summed E-state index contributed by atoms with van der Waals surface area (Å²) < 4.78 is 0. The zero-order chi connectivity index (χ0) is 15.1. The lowest BCUT2D eigenvalue weighted by Gasteiger charge is -2.35. The molecule has 0 radical (unpaired) electrons. The van der Waals surface area contributed by atoms with Crippen LogP contribution in [-0.4, -0.2) is 60.9 Å². The number of nitrogens with zero attached hydrogens (tertiary/aromatic N) is 2. The summed E-state index contributed by atoms with van der Waals surface area (Å²) in [5, 5.41) is 2.79. The van der Waals surface area contributed by atoms with Gasteiger partial charge in [-0.2, -0.15) is 0 Å². The quantitative estimate of drug-likeness (QED) is 0.770. The molecule has 0 bridgehead atoms. The fourth-order valence-corrected chi connectivity index (χ4v) is 3.16. The minimum absolute atomic E-state index is 0.0377. The molecule has 0 atom stereocenters. The molecule has 118 valence electrons. The molecule has 1 N–H and O–H groups in total. The van der Waals surface area contributed by atoms with Crippen molar-refractivity contribution in [1.82, 2.24) is 15.1 Å². The van der Waals surface area contributed by atoms with Gasteiger partial charge in [-0.25, -0.2) is 0 Å². The Morgan fingerprint density at radius 1 is 1.10 bits per heavy atom. The van der Waals surface area contributed by atoms with Crippen LogP contribution in [0.15, 0.2) is 12.7 Å². The first-order chi connectivity index (χ1) is 10.2. The molecule has 0 aromatic carbocycles. The fraction of sp³-hybridized carbons (Fsp3) is 0.750. The third kappa shape index (κ3) is 4.84. The lowest BCUT2D eigenvalue weighted by molar-refractivity contribution is -0.138. The molecule has 0 unspecified atom stereocenters. The second-order valence-electron chi connectivity index (χ2n) is 6.03. The maximum Gasteiger partial charge on any atom is 0.234 e. The molecule has 2 amide bonds. The van der Waals surface area contributed by atoms with Gasteiger partial charge in [0.25, 0.3) is 0 Å². The van der Waals surface area contributed by atoms with Crippen LogP contribution in [0.3, 0.4) is 0 Å². The Kier molecular flexibility index (Phi) is 6.23. The molecule has 0 saturated carbocycles. The molecule has 2 rings (SSSR count). The first-order valence-corrected chi connectivity index (χ1v) is 8.09. The SMILES string of the molecule is C=CCNC(=O)CN1CCC(C(=O)N2CCCCC2)CC1. The number of carbonyl (C=O) groups excluding carboxylic acids is 2. The van der Waals surface area contributed by atoms with Crippen LogP contribution < -0.4 is 5.32 Å². The third-order valence-electron chi connectivity index (χ3n) is 4.42. The van der Waals surface area contributed by atoms with Crippen molar-refractivity contribution in [3.05, 3.63) is 12.7 Å². The van der Waals surface area contributed by atoms with E-state index in [2.05, 4.69) is 16.8 Å². The number of rotatable bonds is 5. The lowest BCUT2D eigenvalue weighted by Crippen LogP contribution is -2.46. The molecule has 0 aliphatic carbocycles. The highest BCUT2D eigenvalue weighted by atomic mass is 16.2. The molecule has 5 nitrogen and oxygen atoms in total. The summed E-state index contributed by atoms with van der Waals surface area (Å²) in [6.07, 6.45) is 6.99.